The predicted molar refractivity (Wildman–Crippen MR) is 85.6 cm³/mol. The summed E-state index contributed by atoms with van der Waals surface area (Å²) >= 11 is 0. The lowest BCUT2D eigenvalue weighted by Gasteiger charge is -2.45. The van der Waals surface area contributed by atoms with E-state index in [0.29, 0.717) is 17.5 Å². The molecule has 1 aliphatic rings. The topological polar surface area (TPSA) is 15.3 Å². The Bertz CT molecular complexity index is 248. The minimum absolute atomic E-state index is 0.458. The number of rotatable bonds is 7. The molecule has 114 valence electrons. The highest BCUT2D eigenvalue weighted by Crippen LogP contribution is 2.28. The summed E-state index contributed by atoms with van der Waals surface area (Å²) in [7, 11) is 0. The van der Waals surface area contributed by atoms with Gasteiger partial charge in [0.2, 0.25) is 0 Å². The Morgan fingerprint density at radius 1 is 1.26 bits per heavy atom. The third-order valence-electron chi connectivity index (χ3n) is 4.51. The first kappa shape index (κ1) is 17.0. The van der Waals surface area contributed by atoms with E-state index in [9.17, 15) is 0 Å². The smallest absolute Gasteiger partial charge is 0.0244 e. The third-order valence-corrected chi connectivity index (χ3v) is 4.51. The van der Waals surface area contributed by atoms with E-state index in [1.807, 2.05) is 0 Å². The van der Waals surface area contributed by atoms with Crippen LogP contribution in [0.15, 0.2) is 0 Å². The predicted octanol–water partition coefficient (Wildman–Crippen LogP) is 3.91. The zero-order valence-corrected chi connectivity index (χ0v) is 14.1. The van der Waals surface area contributed by atoms with Gasteiger partial charge >= 0.3 is 0 Å². The number of hydrogen-bond acceptors (Lipinski definition) is 2. The summed E-state index contributed by atoms with van der Waals surface area (Å²) in [5, 5.41) is 3.64. The van der Waals surface area contributed by atoms with Crippen molar-refractivity contribution < 1.29 is 0 Å². The molecule has 0 spiro atoms. The van der Waals surface area contributed by atoms with Gasteiger partial charge in [-0.05, 0) is 24.7 Å². The van der Waals surface area contributed by atoms with Crippen molar-refractivity contribution in [2.45, 2.75) is 79.3 Å². The van der Waals surface area contributed by atoms with Crippen LogP contribution < -0.4 is 5.32 Å². The molecule has 1 aliphatic heterocycles. The zero-order valence-electron chi connectivity index (χ0n) is 14.1. The van der Waals surface area contributed by atoms with Crippen molar-refractivity contribution in [3.05, 3.63) is 0 Å². The van der Waals surface area contributed by atoms with Crippen LogP contribution in [0.1, 0.15) is 67.2 Å². The lowest BCUT2D eigenvalue weighted by molar-refractivity contribution is 0.0600. The highest BCUT2D eigenvalue weighted by Gasteiger charge is 2.31. The number of nitrogens with zero attached hydrogens (tertiary/aromatic N) is 1. The fourth-order valence-corrected chi connectivity index (χ4v) is 3.32. The van der Waals surface area contributed by atoms with Crippen LogP contribution in [0.25, 0.3) is 0 Å². The van der Waals surface area contributed by atoms with Crippen molar-refractivity contribution in [2.75, 3.05) is 19.6 Å². The quantitative estimate of drug-likeness (QED) is 0.704. The number of hydrogen-bond donors (Lipinski definition) is 1. The standard InChI is InChI=1S/C17H36N2/c1-7-8-9-10-17(5,6)13-19-12-15(4)18-11-16(19)14(2)3/h14-16,18H,7-13H2,1-6H3. The Kier molecular flexibility index (Phi) is 6.82. The van der Waals surface area contributed by atoms with Gasteiger partial charge in [-0.2, -0.15) is 0 Å². The number of unbranched alkanes of at least 4 members (excludes halogenated alkanes) is 2. The van der Waals surface area contributed by atoms with Crippen molar-refractivity contribution in [1.29, 1.82) is 0 Å². The first-order valence-electron chi connectivity index (χ1n) is 8.33. The van der Waals surface area contributed by atoms with Gasteiger partial charge in [0, 0.05) is 31.7 Å². The zero-order chi connectivity index (χ0) is 14.5. The van der Waals surface area contributed by atoms with E-state index < -0.39 is 0 Å². The Balaban J connectivity index is 2.54. The molecule has 2 heteroatoms. The monoisotopic (exact) mass is 268 g/mol. The molecule has 1 saturated heterocycles. The Morgan fingerprint density at radius 3 is 2.53 bits per heavy atom. The van der Waals surface area contributed by atoms with Gasteiger partial charge in [0.1, 0.15) is 0 Å². The maximum Gasteiger partial charge on any atom is 0.0244 e. The SMILES string of the molecule is CCCCCC(C)(C)CN1CC(C)NCC1C(C)C. The van der Waals surface area contributed by atoms with E-state index >= 15 is 0 Å². The first-order valence-corrected chi connectivity index (χ1v) is 8.33. The van der Waals surface area contributed by atoms with Crippen LogP contribution in [-0.4, -0.2) is 36.6 Å². The third kappa shape index (κ3) is 5.83. The van der Waals surface area contributed by atoms with E-state index in [1.54, 1.807) is 0 Å². The molecule has 0 radical (unpaired) electrons. The van der Waals surface area contributed by atoms with Crippen molar-refractivity contribution in [1.82, 2.24) is 10.2 Å². The van der Waals surface area contributed by atoms with E-state index in [4.69, 9.17) is 0 Å². The van der Waals surface area contributed by atoms with Gasteiger partial charge in [0.05, 0.1) is 0 Å². The minimum Gasteiger partial charge on any atom is -0.311 e. The molecule has 0 aromatic carbocycles. The first-order chi connectivity index (χ1) is 8.85. The van der Waals surface area contributed by atoms with Gasteiger partial charge in [0.15, 0.2) is 0 Å². The van der Waals surface area contributed by atoms with E-state index in [0.717, 1.165) is 12.5 Å². The maximum absolute atomic E-state index is 3.64. The molecule has 1 heterocycles. The van der Waals surface area contributed by atoms with Crippen molar-refractivity contribution >= 4 is 0 Å². The average Bonchev–Trinajstić information content (AvgIpc) is 2.28. The van der Waals surface area contributed by atoms with Gasteiger partial charge < -0.3 is 5.32 Å². The molecule has 0 aromatic rings. The molecule has 0 amide bonds. The van der Waals surface area contributed by atoms with Crippen molar-refractivity contribution in [3.63, 3.8) is 0 Å². The van der Waals surface area contributed by atoms with Gasteiger partial charge in [-0.1, -0.05) is 53.9 Å². The van der Waals surface area contributed by atoms with Crippen LogP contribution in [0.4, 0.5) is 0 Å². The molecule has 0 bridgehead atoms. The molecule has 2 nitrogen and oxygen atoms in total. The summed E-state index contributed by atoms with van der Waals surface area (Å²) in [5.74, 6) is 0.742. The minimum atomic E-state index is 0.458. The summed E-state index contributed by atoms with van der Waals surface area (Å²) in [6, 6.07) is 1.35. The molecule has 19 heavy (non-hydrogen) atoms. The molecule has 0 saturated carbocycles. The van der Waals surface area contributed by atoms with Gasteiger partial charge in [-0.15, -0.1) is 0 Å². The highest BCUT2D eigenvalue weighted by atomic mass is 15.2. The molecule has 1 N–H and O–H groups in total. The Morgan fingerprint density at radius 2 is 1.95 bits per heavy atom. The Labute approximate surface area is 121 Å². The molecule has 2 atom stereocenters. The van der Waals surface area contributed by atoms with Gasteiger partial charge in [-0.3, -0.25) is 4.90 Å². The molecular formula is C17H36N2. The second kappa shape index (κ2) is 7.64. The van der Waals surface area contributed by atoms with Crippen LogP contribution in [0, 0.1) is 11.3 Å². The molecule has 0 aromatic heterocycles. The average molecular weight is 268 g/mol. The molecule has 2 unspecified atom stereocenters. The molecule has 1 rings (SSSR count). The normalized spacial score (nSPS) is 26.1. The summed E-state index contributed by atoms with van der Waals surface area (Å²) < 4.78 is 0. The summed E-state index contributed by atoms with van der Waals surface area (Å²) in [6.45, 7) is 17.8. The molecule has 1 fully saturated rings. The summed E-state index contributed by atoms with van der Waals surface area (Å²) in [4.78, 5) is 2.75. The van der Waals surface area contributed by atoms with Crippen molar-refractivity contribution in [2.24, 2.45) is 11.3 Å². The molecular weight excluding hydrogens is 232 g/mol. The van der Waals surface area contributed by atoms with E-state index in [2.05, 4.69) is 51.8 Å². The largest absolute Gasteiger partial charge is 0.311 e. The number of piperazine rings is 1. The second-order valence-electron chi connectivity index (χ2n) is 7.67. The fraction of sp³-hybridized carbons (Fsp3) is 1.00. The van der Waals surface area contributed by atoms with Crippen LogP contribution in [0.5, 0.6) is 0 Å². The lowest BCUT2D eigenvalue weighted by atomic mass is 9.84. The van der Waals surface area contributed by atoms with Gasteiger partial charge in [-0.25, -0.2) is 0 Å². The van der Waals surface area contributed by atoms with Gasteiger partial charge in [0.25, 0.3) is 0 Å². The van der Waals surface area contributed by atoms with E-state index in [-0.39, 0.29) is 0 Å². The summed E-state index contributed by atoms with van der Waals surface area (Å²) in [6.07, 6.45) is 5.46. The highest BCUT2D eigenvalue weighted by molar-refractivity contribution is 4.88. The van der Waals surface area contributed by atoms with Crippen LogP contribution >= 0.6 is 0 Å². The van der Waals surface area contributed by atoms with E-state index in [1.165, 1.54) is 38.8 Å². The van der Waals surface area contributed by atoms with Crippen LogP contribution in [-0.2, 0) is 0 Å². The summed E-state index contributed by atoms with van der Waals surface area (Å²) in [5.41, 5.74) is 0.458. The second-order valence-corrected chi connectivity index (χ2v) is 7.67. The lowest BCUT2D eigenvalue weighted by Crippen LogP contribution is -2.59. The number of nitrogens with one attached hydrogen (secondary N) is 1. The van der Waals surface area contributed by atoms with Crippen LogP contribution in [0.2, 0.25) is 0 Å². The van der Waals surface area contributed by atoms with Crippen LogP contribution in [0.3, 0.4) is 0 Å². The molecule has 0 aliphatic carbocycles. The Hall–Kier alpha value is -0.0800. The fourth-order valence-electron chi connectivity index (χ4n) is 3.32. The maximum atomic E-state index is 3.64. The van der Waals surface area contributed by atoms with Crippen molar-refractivity contribution in [3.8, 4) is 0 Å².